The molecular formula is C10H13NO3. The van der Waals surface area contributed by atoms with Crippen LogP contribution in [0.4, 0.5) is 5.69 Å². The zero-order valence-corrected chi connectivity index (χ0v) is 8.20. The molecule has 4 nitrogen and oxygen atoms in total. The first-order valence-electron chi connectivity index (χ1n) is 4.26. The van der Waals surface area contributed by atoms with E-state index in [-0.39, 0.29) is 6.61 Å². The second-order valence-corrected chi connectivity index (χ2v) is 2.93. The minimum atomic E-state index is -0.978. The van der Waals surface area contributed by atoms with Gasteiger partial charge in [-0.2, -0.15) is 0 Å². The van der Waals surface area contributed by atoms with Gasteiger partial charge in [-0.15, -0.1) is 0 Å². The predicted molar refractivity (Wildman–Crippen MR) is 53.9 cm³/mol. The molecule has 1 rings (SSSR count). The van der Waals surface area contributed by atoms with E-state index in [1.54, 1.807) is 13.1 Å². The Balaban J connectivity index is 2.82. The van der Waals surface area contributed by atoms with E-state index in [1.165, 1.54) is 0 Å². The molecule has 2 N–H and O–H groups in total. The minimum Gasteiger partial charge on any atom is -0.480 e. The summed E-state index contributed by atoms with van der Waals surface area (Å²) in [6, 6.07) is 5.58. The molecule has 14 heavy (non-hydrogen) atoms. The summed E-state index contributed by atoms with van der Waals surface area (Å²) in [6.45, 7) is 1.60. The first-order chi connectivity index (χ1) is 6.63. The summed E-state index contributed by atoms with van der Waals surface area (Å²) in [6.07, 6.45) is 0. The number of hydrogen-bond acceptors (Lipinski definition) is 3. The average molecular weight is 195 g/mol. The van der Waals surface area contributed by atoms with Gasteiger partial charge in [0.05, 0.1) is 5.69 Å². The van der Waals surface area contributed by atoms with Crippen molar-refractivity contribution in [3.63, 3.8) is 0 Å². The fourth-order valence-electron chi connectivity index (χ4n) is 1.09. The lowest BCUT2D eigenvalue weighted by Gasteiger charge is -2.09. The number of aliphatic carboxylic acids is 1. The van der Waals surface area contributed by atoms with Crippen LogP contribution in [0.1, 0.15) is 5.56 Å². The summed E-state index contributed by atoms with van der Waals surface area (Å²) in [5.41, 5.74) is 1.82. The fraction of sp³-hybridized carbons (Fsp3) is 0.300. The fourth-order valence-corrected chi connectivity index (χ4v) is 1.09. The van der Waals surface area contributed by atoms with Gasteiger partial charge in [0.2, 0.25) is 0 Å². The number of benzene rings is 1. The van der Waals surface area contributed by atoms with Crippen molar-refractivity contribution >= 4 is 11.7 Å². The van der Waals surface area contributed by atoms with Crippen LogP contribution in [0.15, 0.2) is 18.2 Å². The van der Waals surface area contributed by atoms with Gasteiger partial charge in [0.1, 0.15) is 5.75 Å². The van der Waals surface area contributed by atoms with E-state index in [0.29, 0.717) is 5.75 Å². The van der Waals surface area contributed by atoms with Crippen molar-refractivity contribution < 1.29 is 14.6 Å². The van der Waals surface area contributed by atoms with Gasteiger partial charge in [0.15, 0.2) is 6.61 Å². The Morgan fingerprint density at radius 2 is 2.29 bits per heavy atom. The number of carboxylic acids is 1. The van der Waals surface area contributed by atoms with Crippen LogP contribution < -0.4 is 10.1 Å². The summed E-state index contributed by atoms with van der Waals surface area (Å²) in [5.74, 6) is -0.413. The summed E-state index contributed by atoms with van der Waals surface area (Å²) in [5, 5.41) is 11.4. The van der Waals surface area contributed by atoms with Crippen LogP contribution in [-0.2, 0) is 4.79 Å². The molecule has 0 amide bonds. The molecule has 0 aliphatic rings. The Morgan fingerprint density at radius 1 is 1.57 bits per heavy atom. The third-order valence-electron chi connectivity index (χ3n) is 1.76. The Labute approximate surface area is 82.5 Å². The summed E-state index contributed by atoms with van der Waals surface area (Å²) >= 11 is 0. The Bertz CT molecular complexity index is 336. The number of ether oxygens (including phenoxy) is 1. The molecule has 0 spiro atoms. The molecule has 0 saturated carbocycles. The highest BCUT2D eigenvalue weighted by Crippen LogP contribution is 2.24. The lowest BCUT2D eigenvalue weighted by molar-refractivity contribution is -0.139. The van der Waals surface area contributed by atoms with Gasteiger partial charge in [-0.25, -0.2) is 4.79 Å². The number of anilines is 1. The van der Waals surface area contributed by atoms with E-state index in [0.717, 1.165) is 11.3 Å². The first kappa shape index (κ1) is 10.4. The van der Waals surface area contributed by atoms with E-state index >= 15 is 0 Å². The van der Waals surface area contributed by atoms with E-state index in [4.69, 9.17) is 9.84 Å². The molecule has 0 bridgehead atoms. The van der Waals surface area contributed by atoms with Gasteiger partial charge in [0.25, 0.3) is 0 Å². The maximum absolute atomic E-state index is 10.3. The van der Waals surface area contributed by atoms with Crippen molar-refractivity contribution in [2.75, 3.05) is 19.0 Å². The molecule has 0 aliphatic heterocycles. The van der Waals surface area contributed by atoms with Crippen LogP contribution in [0.5, 0.6) is 5.75 Å². The standard InChI is InChI=1S/C10H13NO3/c1-7-3-4-8(11-2)9(5-7)14-6-10(12)13/h3-5,11H,6H2,1-2H3,(H,12,13). The van der Waals surface area contributed by atoms with Gasteiger partial charge >= 0.3 is 5.97 Å². The van der Waals surface area contributed by atoms with Crippen LogP contribution >= 0.6 is 0 Å². The van der Waals surface area contributed by atoms with Gasteiger partial charge in [-0.3, -0.25) is 0 Å². The predicted octanol–water partition coefficient (Wildman–Crippen LogP) is 1.50. The monoisotopic (exact) mass is 195 g/mol. The zero-order valence-electron chi connectivity index (χ0n) is 8.20. The summed E-state index contributed by atoms with van der Waals surface area (Å²) in [4.78, 5) is 10.3. The van der Waals surface area contributed by atoms with Crippen LogP contribution in [-0.4, -0.2) is 24.7 Å². The second-order valence-electron chi connectivity index (χ2n) is 2.93. The highest BCUT2D eigenvalue weighted by Gasteiger charge is 2.04. The lowest BCUT2D eigenvalue weighted by atomic mass is 10.2. The highest BCUT2D eigenvalue weighted by atomic mass is 16.5. The topological polar surface area (TPSA) is 58.6 Å². The largest absolute Gasteiger partial charge is 0.480 e. The molecule has 0 fully saturated rings. The number of aryl methyl sites for hydroxylation is 1. The van der Waals surface area contributed by atoms with E-state index in [2.05, 4.69) is 5.32 Å². The summed E-state index contributed by atoms with van der Waals surface area (Å²) in [7, 11) is 1.76. The van der Waals surface area contributed by atoms with Gasteiger partial charge < -0.3 is 15.2 Å². The van der Waals surface area contributed by atoms with E-state index < -0.39 is 5.97 Å². The molecule has 0 heterocycles. The molecule has 0 saturated heterocycles. The van der Waals surface area contributed by atoms with Gasteiger partial charge in [-0.05, 0) is 24.6 Å². The molecule has 76 valence electrons. The molecule has 0 unspecified atom stereocenters. The van der Waals surface area contributed by atoms with Crippen molar-refractivity contribution in [1.82, 2.24) is 0 Å². The van der Waals surface area contributed by atoms with E-state index in [9.17, 15) is 4.79 Å². The number of rotatable bonds is 4. The SMILES string of the molecule is CNc1ccc(C)cc1OCC(=O)O. The molecule has 0 aliphatic carbocycles. The lowest BCUT2D eigenvalue weighted by Crippen LogP contribution is -2.10. The molecule has 0 atom stereocenters. The van der Waals surface area contributed by atoms with Crippen molar-refractivity contribution in [3.05, 3.63) is 23.8 Å². The van der Waals surface area contributed by atoms with Crippen LogP contribution in [0.25, 0.3) is 0 Å². The molecular weight excluding hydrogens is 182 g/mol. The van der Waals surface area contributed by atoms with Crippen molar-refractivity contribution in [1.29, 1.82) is 0 Å². The molecule has 0 aromatic heterocycles. The first-order valence-corrected chi connectivity index (χ1v) is 4.26. The maximum atomic E-state index is 10.3. The second kappa shape index (κ2) is 4.50. The molecule has 1 aromatic rings. The number of nitrogens with one attached hydrogen (secondary N) is 1. The Morgan fingerprint density at radius 3 is 2.86 bits per heavy atom. The number of carbonyl (C=O) groups is 1. The summed E-state index contributed by atoms with van der Waals surface area (Å²) < 4.78 is 5.11. The molecule has 4 heteroatoms. The van der Waals surface area contributed by atoms with Crippen molar-refractivity contribution in [2.24, 2.45) is 0 Å². The highest BCUT2D eigenvalue weighted by molar-refractivity contribution is 5.69. The maximum Gasteiger partial charge on any atom is 0.341 e. The van der Waals surface area contributed by atoms with E-state index in [1.807, 2.05) is 19.1 Å². The van der Waals surface area contributed by atoms with Gasteiger partial charge in [0, 0.05) is 7.05 Å². The Kier molecular flexibility index (Phi) is 3.34. The van der Waals surface area contributed by atoms with Crippen LogP contribution in [0, 0.1) is 6.92 Å². The van der Waals surface area contributed by atoms with Crippen molar-refractivity contribution in [2.45, 2.75) is 6.92 Å². The average Bonchev–Trinajstić information content (AvgIpc) is 2.15. The third-order valence-corrected chi connectivity index (χ3v) is 1.76. The zero-order chi connectivity index (χ0) is 10.6. The van der Waals surface area contributed by atoms with Crippen LogP contribution in [0.2, 0.25) is 0 Å². The number of carboxylic acid groups (broad SMARTS) is 1. The van der Waals surface area contributed by atoms with Crippen LogP contribution in [0.3, 0.4) is 0 Å². The van der Waals surface area contributed by atoms with Crippen molar-refractivity contribution in [3.8, 4) is 5.75 Å². The quantitative estimate of drug-likeness (QED) is 0.764. The Hall–Kier alpha value is -1.71. The number of hydrogen-bond donors (Lipinski definition) is 2. The molecule has 0 radical (unpaired) electrons. The normalized spacial score (nSPS) is 9.57. The van der Waals surface area contributed by atoms with Gasteiger partial charge in [-0.1, -0.05) is 6.07 Å². The smallest absolute Gasteiger partial charge is 0.341 e. The third kappa shape index (κ3) is 2.65. The molecule has 1 aromatic carbocycles. The minimum absolute atomic E-state index is 0.321.